The van der Waals surface area contributed by atoms with Crippen LogP contribution in [0.4, 0.5) is 22.0 Å². The number of sulfonamides is 1. The van der Waals surface area contributed by atoms with Gasteiger partial charge in [-0.05, 0) is 65.5 Å². The number of benzene rings is 2. The second kappa shape index (κ2) is 15.6. The fourth-order valence-electron chi connectivity index (χ4n) is 5.82. The number of hydrogen-bond donors (Lipinski definition) is 1. The minimum atomic E-state index is -5.80. The van der Waals surface area contributed by atoms with Crippen LogP contribution in [0, 0.1) is 0 Å². The van der Waals surface area contributed by atoms with Crippen molar-refractivity contribution in [2.45, 2.75) is 86.0 Å². The second-order valence-electron chi connectivity index (χ2n) is 12.2. The molecule has 5 rings (SSSR count). The first-order chi connectivity index (χ1) is 23.6. The number of thiophene rings is 1. The highest BCUT2D eigenvalue weighted by Crippen LogP contribution is 2.41. The van der Waals surface area contributed by atoms with Crippen molar-refractivity contribution in [2.24, 2.45) is 5.73 Å². The molecule has 1 amide bonds. The summed E-state index contributed by atoms with van der Waals surface area (Å²) in [6.07, 6.45) is -0.959. The van der Waals surface area contributed by atoms with Gasteiger partial charge in [0.1, 0.15) is 4.21 Å². The van der Waals surface area contributed by atoms with Gasteiger partial charge in [0, 0.05) is 34.6 Å². The first-order valence-corrected chi connectivity index (χ1v) is 18.5. The van der Waals surface area contributed by atoms with E-state index in [0.717, 1.165) is 55.2 Å². The van der Waals surface area contributed by atoms with Crippen molar-refractivity contribution in [3.05, 3.63) is 76.1 Å². The number of carbonyl (C=O) groups excluding carboxylic acids is 2. The number of hydrogen-bond acceptors (Lipinski definition) is 8. The molecule has 9 nitrogen and oxygen atoms in total. The SMILES string of the molecule is NC1CCN(C(=O)[C@H](N(OC(=O)C(F)(F)F)S(=O)(=O)c2ccc(COC3CCCCC3)s2)C(F)(F)c2ccc(-c3ccc(Cl)cc3)cc2)CC1. The molecule has 1 atom stereocenters. The third kappa shape index (κ3) is 8.83. The van der Waals surface area contributed by atoms with E-state index in [1.165, 1.54) is 18.2 Å². The third-order valence-electron chi connectivity index (χ3n) is 8.63. The number of ether oxygens (including phenoxy) is 1. The molecule has 2 N–H and O–H groups in total. The molecule has 17 heteroatoms. The first-order valence-electron chi connectivity index (χ1n) is 15.9. The van der Waals surface area contributed by atoms with E-state index in [-0.39, 0.29) is 44.7 Å². The van der Waals surface area contributed by atoms with Crippen molar-refractivity contribution >= 4 is 44.8 Å². The normalized spacial score (nSPS) is 17.6. The Hall–Kier alpha value is -3.15. The Labute approximate surface area is 295 Å². The number of hydroxylamine groups is 1. The fraction of sp³-hybridized carbons (Fsp3) is 0.455. The van der Waals surface area contributed by atoms with Crippen LogP contribution >= 0.6 is 22.9 Å². The zero-order valence-corrected chi connectivity index (χ0v) is 29.0. The monoisotopic (exact) mass is 763 g/mol. The summed E-state index contributed by atoms with van der Waals surface area (Å²) in [4.78, 5) is 31.7. The Balaban J connectivity index is 1.55. The molecular weight excluding hydrogens is 729 g/mol. The molecule has 3 aromatic rings. The molecule has 1 saturated heterocycles. The van der Waals surface area contributed by atoms with Gasteiger partial charge in [0.25, 0.3) is 15.9 Å². The standard InChI is InChI=1S/C33H35ClF5N3O6S2/c34-24-12-8-22(9-13-24)21-6-10-23(11-7-21)32(35,36)29(30(43)41-18-16-25(40)17-19-41)42(48-31(44)33(37,38)39)50(45,46)28-15-14-27(49-28)20-47-26-4-2-1-3-5-26/h6-15,25-26,29H,1-5,16-20,40H2/t29-/m0/s1. The molecule has 272 valence electrons. The highest BCUT2D eigenvalue weighted by molar-refractivity contribution is 7.91. The van der Waals surface area contributed by atoms with Crippen LogP contribution in [0.15, 0.2) is 64.9 Å². The summed E-state index contributed by atoms with van der Waals surface area (Å²) >= 11 is 6.48. The minimum absolute atomic E-state index is 0.0420. The lowest BCUT2D eigenvalue weighted by Crippen LogP contribution is -2.60. The Morgan fingerprint density at radius 3 is 2.06 bits per heavy atom. The van der Waals surface area contributed by atoms with Gasteiger partial charge in [0.15, 0.2) is 0 Å². The molecule has 0 unspecified atom stereocenters. The van der Waals surface area contributed by atoms with Crippen molar-refractivity contribution < 1.29 is 49.5 Å². The highest BCUT2D eigenvalue weighted by Gasteiger charge is 2.58. The number of rotatable bonds is 11. The number of nitrogens with two attached hydrogens (primary N) is 1. The molecular formula is C33H35ClF5N3O6S2. The molecule has 1 aliphatic heterocycles. The molecule has 1 aromatic heterocycles. The smallest absolute Gasteiger partial charge is 0.373 e. The molecule has 2 aromatic carbocycles. The summed E-state index contributed by atoms with van der Waals surface area (Å²) in [6.45, 7) is -0.421. The summed E-state index contributed by atoms with van der Waals surface area (Å²) < 4.78 is 107. The van der Waals surface area contributed by atoms with Crippen LogP contribution in [0.1, 0.15) is 55.4 Å². The number of alkyl halides is 5. The molecule has 0 radical (unpaired) electrons. The van der Waals surface area contributed by atoms with Gasteiger partial charge in [0.2, 0.25) is 6.04 Å². The van der Waals surface area contributed by atoms with Gasteiger partial charge < -0.3 is 20.2 Å². The van der Waals surface area contributed by atoms with Crippen LogP contribution in [0.5, 0.6) is 0 Å². The molecule has 1 aliphatic carbocycles. The van der Waals surface area contributed by atoms with Crippen molar-refractivity contribution in [2.75, 3.05) is 13.1 Å². The number of piperidine rings is 1. The fourth-order valence-corrected chi connectivity index (χ4v) is 8.65. The van der Waals surface area contributed by atoms with Crippen molar-refractivity contribution in [1.29, 1.82) is 0 Å². The predicted octanol–water partition coefficient (Wildman–Crippen LogP) is 7.04. The van der Waals surface area contributed by atoms with E-state index in [2.05, 4.69) is 4.84 Å². The van der Waals surface area contributed by atoms with Gasteiger partial charge in [-0.2, -0.15) is 22.0 Å². The van der Waals surface area contributed by atoms with Crippen LogP contribution in [0.25, 0.3) is 11.1 Å². The number of carbonyl (C=O) groups is 2. The van der Waals surface area contributed by atoms with Crippen molar-refractivity contribution in [1.82, 2.24) is 9.37 Å². The Morgan fingerprint density at radius 2 is 1.48 bits per heavy atom. The van der Waals surface area contributed by atoms with Crippen molar-refractivity contribution in [3.8, 4) is 11.1 Å². The summed E-state index contributed by atoms with van der Waals surface area (Å²) in [7, 11) is -5.53. The maximum absolute atomic E-state index is 16.8. The van der Waals surface area contributed by atoms with Gasteiger partial charge in [0.05, 0.1) is 12.7 Å². The summed E-state index contributed by atoms with van der Waals surface area (Å²) in [5.74, 6) is -9.20. The average Bonchev–Trinajstić information content (AvgIpc) is 3.58. The van der Waals surface area contributed by atoms with E-state index in [0.29, 0.717) is 32.4 Å². The van der Waals surface area contributed by atoms with E-state index >= 15 is 8.78 Å². The second-order valence-corrected chi connectivity index (χ2v) is 15.8. The Morgan fingerprint density at radius 1 is 0.900 bits per heavy atom. The lowest BCUT2D eigenvalue weighted by Gasteiger charge is -2.38. The Bertz CT molecular complexity index is 1740. The quantitative estimate of drug-likeness (QED) is 0.165. The van der Waals surface area contributed by atoms with Gasteiger partial charge in [-0.3, -0.25) is 4.79 Å². The lowest BCUT2D eigenvalue weighted by atomic mass is 9.96. The maximum atomic E-state index is 16.8. The lowest BCUT2D eigenvalue weighted by molar-refractivity contribution is -0.239. The summed E-state index contributed by atoms with van der Waals surface area (Å²) in [6, 6.07) is 9.43. The van der Waals surface area contributed by atoms with Gasteiger partial charge in [-0.1, -0.05) is 67.3 Å². The van der Waals surface area contributed by atoms with Crippen LogP contribution in [0.3, 0.4) is 0 Å². The van der Waals surface area contributed by atoms with E-state index in [1.807, 2.05) is 0 Å². The van der Waals surface area contributed by atoms with E-state index in [1.54, 1.807) is 24.3 Å². The Kier molecular flexibility index (Phi) is 11.9. The van der Waals surface area contributed by atoms with Gasteiger partial charge in [-0.25, -0.2) is 13.2 Å². The van der Waals surface area contributed by atoms with E-state index < -0.39 is 54.3 Å². The van der Waals surface area contributed by atoms with Gasteiger partial charge in [-0.15, -0.1) is 11.3 Å². The van der Waals surface area contributed by atoms with Crippen molar-refractivity contribution in [3.63, 3.8) is 0 Å². The maximum Gasteiger partial charge on any atom is 0.492 e. The van der Waals surface area contributed by atoms with Crippen LogP contribution in [-0.4, -0.2) is 67.1 Å². The number of halogens is 6. The zero-order valence-electron chi connectivity index (χ0n) is 26.6. The highest BCUT2D eigenvalue weighted by atomic mass is 35.5. The summed E-state index contributed by atoms with van der Waals surface area (Å²) in [5, 5.41) is 0.432. The number of likely N-dealkylation sites (tertiary alicyclic amines) is 1. The molecule has 2 fully saturated rings. The van der Waals surface area contributed by atoms with Crippen LogP contribution in [0.2, 0.25) is 5.02 Å². The zero-order chi connectivity index (χ0) is 36.3. The minimum Gasteiger partial charge on any atom is -0.373 e. The third-order valence-corrected chi connectivity index (χ3v) is 12.0. The van der Waals surface area contributed by atoms with Gasteiger partial charge >= 0.3 is 18.1 Å². The number of nitrogens with zero attached hydrogens (tertiary/aromatic N) is 2. The number of amides is 1. The average molecular weight is 764 g/mol. The molecule has 2 heterocycles. The predicted molar refractivity (Wildman–Crippen MR) is 176 cm³/mol. The van der Waals surface area contributed by atoms with E-state index in [4.69, 9.17) is 22.1 Å². The molecule has 50 heavy (non-hydrogen) atoms. The first kappa shape index (κ1) is 38.1. The molecule has 1 saturated carbocycles. The summed E-state index contributed by atoms with van der Waals surface area (Å²) in [5.41, 5.74) is 6.03. The molecule has 0 bridgehead atoms. The largest absolute Gasteiger partial charge is 0.492 e. The topological polar surface area (TPSA) is 119 Å². The van der Waals surface area contributed by atoms with Crippen LogP contribution < -0.4 is 5.73 Å². The molecule has 0 spiro atoms. The van der Waals surface area contributed by atoms with Crippen LogP contribution in [-0.2, 0) is 41.7 Å². The van der Waals surface area contributed by atoms with E-state index in [9.17, 15) is 31.2 Å². The molecule has 2 aliphatic rings.